The number of benzene rings is 2. The maximum Gasteiger partial charge on any atom is 0.417 e. The summed E-state index contributed by atoms with van der Waals surface area (Å²) in [5, 5.41) is 12.8. The lowest BCUT2D eigenvalue weighted by molar-refractivity contribution is -0.137. The van der Waals surface area contributed by atoms with Gasteiger partial charge in [0.2, 0.25) is 11.0 Å². The molecule has 0 spiro atoms. The Kier molecular flexibility index (Phi) is 6.31. The maximum absolute atomic E-state index is 13.1. The number of halogens is 3. The van der Waals surface area contributed by atoms with E-state index < -0.39 is 23.2 Å². The first-order valence-corrected chi connectivity index (χ1v) is 9.32. The highest BCUT2D eigenvalue weighted by molar-refractivity contribution is 7.15. The number of amides is 2. The molecule has 156 valence electrons. The largest absolute Gasteiger partial charge is 0.497 e. The highest BCUT2D eigenvalue weighted by Crippen LogP contribution is 2.32. The van der Waals surface area contributed by atoms with Gasteiger partial charge >= 0.3 is 6.18 Å². The Labute approximate surface area is 172 Å². The second-order valence-corrected chi connectivity index (χ2v) is 7.01. The standard InChI is InChI=1S/C19H15F3N4O3S/c1-29-12-8-6-11(7-9-12)23-15(27)10-16-25-26-18(30-16)24-17(28)13-4-2-3-5-14(13)19(20,21)22/h2-9H,10H2,1H3,(H,23,27)(H,24,26,28). The van der Waals surface area contributed by atoms with Crippen molar-refractivity contribution in [2.24, 2.45) is 0 Å². The van der Waals surface area contributed by atoms with Gasteiger partial charge in [-0.25, -0.2) is 0 Å². The molecular weight excluding hydrogens is 421 g/mol. The normalized spacial score (nSPS) is 11.1. The number of anilines is 2. The summed E-state index contributed by atoms with van der Waals surface area (Å²) < 4.78 is 44.2. The van der Waals surface area contributed by atoms with Crippen molar-refractivity contribution in [3.05, 3.63) is 64.7 Å². The second-order valence-electron chi connectivity index (χ2n) is 5.95. The van der Waals surface area contributed by atoms with Gasteiger partial charge in [0, 0.05) is 5.69 Å². The first-order chi connectivity index (χ1) is 14.3. The minimum absolute atomic E-state index is 0.00998. The molecule has 11 heteroatoms. The molecule has 0 fully saturated rings. The van der Waals surface area contributed by atoms with Crippen LogP contribution in [-0.4, -0.2) is 29.1 Å². The lowest BCUT2D eigenvalue weighted by Gasteiger charge is -2.11. The maximum atomic E-state index is 13.1. The fourth-order valence-corrected chi connectivity index (χ4v) is 3.22. The average Bonchev–Trinajstić information content (AvgIpc) is 3.14. The lowest BCUT2D eigenvalue weighted by Crippen LogP contribution is -2.18. The smallest absolute Gasteiger partial charge is 0.417 e. The van der Waals surface area contributed by atoms with E-state index in [0.29, 0.717) is 16.4 Å². The third-order valence-corrected chi connectivity index (χ3v) is 4.69. The Morgan fingerprint density at radius 3 is 2.40 bits per heavy atom. The lowest BCUT2D eigenvalue weighted by atomic mass is 10.1. The van der Waals surface area contributed by atoms with E-state index in [1.165, 1.54) is 19.2 Å². The monoisotopic (exact) mass is 436 g/mol. The predicted molar refractivity (Wildman–Crippen MR) is 105 cm³/mol. The highest BCUT2D eigenvalue weighted by atomic mass is 32.1. The molecule has 0 atom stereocenters. The summed E-state index contributed by atoms with van der Waals surface area (Å²) in [6.45, 7) is 0. The number of aromatic nitrogens is 2. The van der Waals surface area contributed by atoms with Crippen LogP contribution in [0.1, 0.15) is 20.9 Å². The van der Waals surface area contributed by atoms with Gasteiger partial charge in [-0.05, 0) is 36.4 Å². The summed E-state index contributed by atoms with van der Waals surface area (Å²) >= 11 is 0.898. The van der Waals surface area contributed by atoms with Gasteiger partial charge < -0.3 is 10.1 Å². The number of nitrogens with zero attached hydrogens (tertiary/aromatic N) is 2. The van der Waals surface area contributed by atoms with Crippen LogP contribution in [0.3, 0.4) is 0 Å². The molecule has 0 saturated carbocycles. The van der Waals surface area contributed by atoms with Crippen LogP contribution >= 0.6 is 11.3 Å². The van der Waals surface area contributed by atoms with Crippen molar-refractivity contribution in [1.29, 1.82) is 0 Å². The molecule has 1 aromatic heterocycles. The van der Waals surface area contributed by atoms with E-state index in [4.69, 9.17) is 4.74 Å². The van der Waals surface area contributed by atoms with Crippen molar-refractivity contribution < 1.29 is 27.5 Å². The summed E-state index contributed by atoms with van der Waals surface area (Å²) in [4.78, 5) is 24.4. The molecule has 1 heterocycles. The third kappa shape index (κ3) is 5.32. The summed E-state index contributed by atoms with van der Waals surface area (Å²) in [6.07, 6.45) is -4.78. The van der Waals surface area contributed by atoms with Crippen molar-refractivity contribution in [3.8, 4) is 5.75 Å². The molecule has 0 aliphatic heterocycles. The van der Waals surface area contributed by atoms with Gasteiger partial charge in [0.15, 0.2) is 0 Å². The fourth-order valence-electron chi connectivity index (χ4n) is 2.49. The fraction of sp³-hybridized carbons (Fsp3) is 0.158. The molecule has 3 aromatic rings. The zero-order valence-corrected chi connectivity index (χ0v) is 16.3. The van der Waals surface area contributed by atoms with E-state index in [1.54, 1.807) is 24.3 Å². The van der Waals surface area contributed by atoms with E-state index in [9.17, 15) is 22.8 Å². The Morgan fingerprint density at radius 2 is 1.73 bits per heavy atom. The summed E-state index contributed by atoms with van der Waals surface area (Å²) in [5.41, 5.74) is -1.02. The molecule has 0 bridgehead atoms. The highest BCUT2D eigenvalue weighted by Gasteiger charge is 2.35. The minimum Gasteiger partial charge on any atom is -0.497 e. The van der Waals surface area contributed by atoms with Gasteiger partial charge in [-0.2, -0.15) is 13.2 Å². The first kappa shape index (κ1) is 21.2. The summed E-state index contributed by atoms with van der Waals surface area (Å²) in [7, 11) is 1.53. The van der Waals surface area contributed by atoms with E-state index >= 15 is 0 Å². The summed E-state index contributed by atoms with van der Waals surface area (Å²) in [5.74, 6) is -0.686. The molecular formula is C19H15F3N4O3S. The zero-order chi connectivity index (χ0) is 21.7. The van der Waals surface area contributed by atoms with Crippen molar-refractivity contribution >= 4 is 34.0 Å². The number of carbonyl (C=O) groups excluding carboxylic acids is 2. The molecule has 0 saturated heterocycles. The number of hydrogen-bond acceptors (Lipinski definition) is 6. The van der Waals surface area contributed by atoms with E-state index in [0.717, 1.165) is 23.5 Å². The molecule has 7 nitrogen and oxygen atoms in total. The SMILES string of the molecule is COc1ccc(NC(=O)Cc2nnc(NC(=O)c3ccccc3C(F)(F)F)s2)cc1. The Balaban J connectivity index is 1.62. The number of rotatable bonds is 6. The predicted octanol–water partition coefficient (Wildman–Crippen LogP) is 4.00. The number of ether oxygens (including phenoxy) is 1. The zero-order valence-electron chi connectivity index (χ0n) is 15.5. The molecule has 0 aliphatic carbocycles. The van der Waals surface area contributed by atoms with Gasteiger partial charge in [0.1, 0.15) is 10.8 Å². The number of carbonyl (C=O) groups is 2. The number of hydrogen-bond donors (Lipinski definition) is 2. The Morgan fingerprint density at radius 1 is 1.03 bits per heavy atom. The van der Waals surface area contributed by atoms with Crippen molar-refractivity contribution in [2.45, 2.75) is 12.6 Å². The number of nitrogens with one attached hydrogen (secondary N) is 2. The molecule has 2 aromatic carbocycles. The van der Waals surface area contributed by atoms with Gasteiger partial charge in [0.05, 0.1) is 24.7 Å². The van der Waals surface area contributed by atoms with Crippen LogP contribution in [0.25, 0.3) is 0 Å². The number of alkyl halides is 3. The molecule has 2 amide bonds. The first-order valence-electron chi connectivity index (χ1n) is 8.50. The molecule has 30 heavy (non-hydrogen) atoms. The van der Waals surface area contributed by atoms with E-state index in [-0.39, 0.29) is 17.5 Å². The molecule has 3 rings (SSSR count). The Bertz CT molecular complexity index is 1050. The summed E-state index contributed by atoms with van der Waals surface area (Å²) in [6, 6.07) is 11.1. The molecule has 0 aliphatic rings. The third-order valence-electron chi connectivity index (χ3n) is 3.85. The van der Waals surface area contributed by atoms with Crippen molar-refractivity contribution in [1.82, 2.24) is 10.2 Å². The quantitative estimate of drug-likeness (QED) is 0.609. The second kappa shape index (κ2) is 8.91. The average molecular weight is 436 g/mol. The van der Waals surface area contributed by atoms with Crippen LogP contribution in [0.2, 0.25) is 0 Å². The van der Waals surface area contributed by atoms with Crippen LogP contribution in [0.4, 0.5) is 24.0 Å². The van der Waals surface area contributed by atoms with Crippen LogP contribution in [0, 0.1) is 0 Å². The van der Waals surface area contributed by atoms with Crippen LogP contribution in [0.15, 0.2) is 48.5 Å². The van der Waals surface area contributed by atoms with Gasteiger partial charge in [0.25, 0.3) is 5.91 Å². The van der Waals surface area contributed by atoms with Gasteiger partial charge in [-0.15, -0.1) is 10.2 Å². The van der Waals surface area contributed by atoms with E-state index in [2.05, 4.69) is 20.8 Å². The molecule has 0 unspecified atom stereocenters. The van der Waals surface area contributed by atoms with Crippen molar-refractivity contribution in [3.63, 3.8) is 0 Å². The van der Waals surface area contributed by atoms with Gasteiger partial charge in [-0.1, -0.05) is 23.5 Å². The Hall–Kier alpha value is -3.47. The molecule has 2 N–H and O–H groups in total. The van der Waals surface area contributed by atoms with Crippen LogP contribution in [0.5, 0.6) is 5.75 Å². The van der Waals surface area contributed by atoms with E-state index in [1.807, 2.05) is 0 Å². The number of methoxy groups -OCH3 is 1. The van der Waals surface area contributed by atoms with Gasteiger partial charge in [-0.3, -0.25) is 14.9 Å². The topological polar surface area (TPSA) is 93.2 Å². The molecule has 0 radical (unpaired) electrons. The van der Waals surface area contributed by atoms with Crippen LogP contribution < -0.4 is 15.4 Å². The minimum atomic E-state index is -4.67. The van der Waals surface area contributed by atoms with Crippen molar-refractivity contribution in [2.75, 3.05) is 17.7 Å². The van der Waals surface area contributed by atoms with Crippen LogP contribution in [-0.2, 0) is 17.4 Å².